The van der Waals surface area contributed by atoms with E-state index in [1.54, 1.807) is 0 Å². The second-order valence-corrected chi connectivity index (χ2v) is 12.8. The smallest absolute Gasteiger partial charge is 0.0723 e. The van der Waals surface area contributed by atoms with Crippen molar-refractivity contribution in [3.05, 3.63) is 118 Å². The molecule has 0 N–H and O–H groups in total. The highest BCUT2D eigenvalue weighted by atomic mass is 32.2. The molecule has 0 aromatic heterocycles. The quantitative estimate of drug-likeness (QED) is 0.200. The summed E-state index contributed by atoms with van der Waals surface area (Å²) in [7, 11) is 0. The zero-order chi connectivity index (χ0) is 27.9. The Bertz CT molecular complexity index is 1370. The molecule has 40 heavy (non-hydrogen) atoms. The normalized spacial score (nSPS) is 17.6. The Morgan fingerprint density at radius 3 is 1.30 bits per heavy atom. The fourth-order valence-corrected chi connectivity index (χ4v) is 7.42. The largest absolute Gasteiger partial charge is 0.287 e. The minimum Gasteiger partial charge on any atom is -0.287 e. The minimum atomic E-state index is 0.210. The van der Waals surface area contributed by atoms with Crippen LogP contribution in [0.2, 0.25) is 0 Å². The van der Waals surface area contributed by atoms with E-state index in [1.165, 1.54) is 65.8 Å². The Morgan fingerprint density at radius 2 is 0.900 bits per heavy atom. The second kappa shape index (κ2) is 13.5. The van der Waals surface area contributed by atoms with Crippen molar-refractivity contribution in [1.29, 1.82) is 0 Å². The first-order chi connectivity index (χ1) is 19.5. The number of aryl methyl sites for hydroxylation is 4. The summed E-state index contributed by atoms with van der Waals surface area (Å²) in [4.78, 5) is 15.5. The number of aliphatic imine (C=N–C) groups is 2. The number of nitrogens with zero attached hydrogens (tertiary/aromatic N) is 2. The van der Waals surface area contributed by atoms with Crippen molar-refractivity contribution in [2.45, 2.75) is 85.0 Å². The number of hydrogen-bond acceptors (Lipinski definition) is 4. The summed E-state index contributed by atoms with van der Waals surface area (Å²) >= 11 is 3.69. The van der Waals surface area contributed by atoms with E-state index < -0.39 is 0 Å². The molecule has 204 valence electrons. The molecule has 0 heterocycles. The van der Waals surface area contributed by atoms with Gasteiger partial charge in [-0.2, -0.15) is 0 Å². The number of rotatable bonds is 8. The third-order valence-electron chi connectivity index (χ3n) is 7.58. The van der Waals surface area contributed by atoms with E-state index in [-0.39, 0.29) is 12.1 Å². The average Bonchev–Trinajstić information content (AvgIpc) is 2.96. The molecule has 0 amide bonds. The molecule has 4 aromatic rings. The fraction of sp³-hybridized carbons (Fsp3) is 0.278. The van der Waals surface area contributed by atoms with Gasteiger partial charge in [-0.15, -0.1) is 0 Å². The molecule has 1 aliphatic carbocycles. The molecule has 0 radical (unpaired) electrons. The number of hydrogen-bond donors (Lipinski definition) is 0. The Balaban J connectivity index is 1.35. The minimum absolute atomic E-state index is 0.210. The summed E-state index contributed by atoms with van der Waals surface area (Å²) in [5.74, 6) is 0. The average molecular weight is 563 g/mol. The molecule has 0 bridgehead atoms. The lowest BCUT2D eigenvalue weighted by Crippen LogP contribution is -2.27. The van der Waals surface area contributed by atoms with Crippen LogP contribution in [-0.4, -0.2) is 24.5 Å². The van der Waals surface area contributed by atoms with Crippen LogP contribution in [0.1, 0.15) is 59.1 Å². The molecule has 4 aromatic carbocycles. The van der Waals surface area contributed by atoms with Crippen LogP contribution < -0.4 is 0 Å². The summed E-state index contributed by atoms with van der Waals surface area (Å²) in [6.07, 6.45) is 8.79. The first kappa shape index (κ1) is 28.4. The molecule has 2 unspecified atom stereocenters. The fourth-order valence-electron chi connectivity index (χ4n) is 5.29. The van der Waals surface area contributed by atoms with Crippen LogP contribution >= 0.6 is 23.5 Å². The van der Waals surface area contributed by atoms with Crippen molar-refractivity contribution in [1.82, 2.24) is 0 Å². The van der Waals surface area contributed by atoms with Crippen LogP contribution in [0.4, 0.5) is 0 Å². The van der Waals surface area contributed by atoms with Gasteiger partial charge in [0.05, 0.1) is 12.1 Å². The highest BCUT2D eigenvalue weighted by Crippen LogP contribution is 2.36. The van der Waals surface area contributed by atoms with Gasteiger partial charge < -0.3 is 0 Å². The standard InChI is InChI=1S/C36H38N2S2/c1-25-13-11-14-26(2)35(25)39-33-21-9-5-17-29(33)23-37-31-19-7-8-20-32(31)38-24-30-18-6-10-22-34(30)40-36-27(3)15-12-16-28(36)4/h5-6,9-18,21-24,31-32H,7-8,19-20H2,1-4H3. The van der Waals surface area contributed by atoms with Gasteiger partial charge in [0.2, 0.25) is 0 Å². The molecule has 1 saturated carbocycles. The van der Waals surface area contributed by atoms with Gasteiger partial charge in [-0.3, -0.25) is 9.98 Å². The van der Waals surface area contributed by atoms with Gasteiger partial charge in [0.15, 0.2) is 0 Å². The van der Waals surface area contributed by atoms with E-state index in [0.29, 0.717) is 0 Å². The SMILES string of the molecule is Cc1cccc(C)c1Sc1ccccc1C=NC1CCCCC1N=Cc1ccccc1Sc1c(C)cccc1C. The van der Waals surface area contributed by atoms with Gasteiger partial charge in [0.1, 0.15) is 0 Å². The summed E-state index contributed by atoms with van der Waals surface area (Å²) in [5.41, 5.74) is 7.62. The maximum absolute atomic E-state index is 5.15. The lowest BCUT2D eigenvalue weighted by Gasteiger charge is -2.25. The molecule has 0 saturated heterocycles. The van der Waals surface area contributed by atoms with Gasteiger partial charge in [0, 0.05) is 43.1 Å². The summed E-state index contributed by atoms with van der Waals surface area (Å²) in [5, 5.41) is 0. The second-order valence-electron chi connectivity index (χ2n) is 10.7. The van der Waals surface area contributed by atoms with Crippen LogP contribution in [0.3, 0.4) is 0 Å². The molecule has 2 atom stereocenters. The van der Waals surface area contributed by atoms with Gasteiger partial charge >= 0.3 is 0 Å². The molecule has 0 aliphatic heterocycles. The zero-order valence-electron chi connectivity index (χ0n) is 23.9. The van der Waals surface area contributed by atoms with E-state index in [1.807, 2.05) is 23.5 Å². The van der Waals surface area contributed by atoms with Crippen molar-refractivity contribution in [2.75, 3.05) is 0 Å². The van der Waals surface area contributed by atoms with Crippen LogP contribution in [0, 0.1) is 27.7 Å². The first-order valence-electron chi connectivity index (χ1n) is 14.2. The van der Waals surface area contributed by atoms with E-state index in [2.05, 4.69) is 125 Å². The zero-order valence-corrected chi connectivity index (χ0v) is 25.6. The van der Waals surface area contributed by atoms with Crippen molar-refractivity contribution in [3.8, 4) is 0 Å². The van der Waals surface area contributed by atoms with Gasteiger partial charge in [-0.1, -0.05) is 109 Å². The molecule has 1 aliphatic rings. The highest BCUT2D eigenvalue weighted by Gasteiger charge is 2.23. The molecule has 0 spiro atoms. The van der Waals surface area contributed by atoms with E-state index in [0.717, 1.165) is 12.8 Å². The molecule has 1 fully saturated rings. The molecular formula is C36H38N2S2. The van der Waals surface area contributed by atoms with Crippen molar-refractivity contribution < 1.29 is 0 Å². The van der Waals surface area contributed by atoms with Crippen LogP contribution in [0.25, 0.3) is 0 Å². The van der Waals surface area contributed by atoms with Gasteiger partial charge in [0.25, 0.3) is 0 Å². The molecular weight excluding hydrogens is 525 g/mol. The third-order valence-corrected chi connectivity index (χ3v) is 10.5. The van der Waals surface area contributed by atoms with Crippen molar-refractivity contribution >= 4 is 36.0 Å². The predicted octanol–water partition coefficient (Wildman–Crippen LogP) is 10.1. The van der Waals surface area contributed by atoms with Gasteiger partial charge in [-0.25, -0.2) is 0 Å². The molecule has 4 heteroatoms. The van der Waals surface area contributed by atoms with Crippen molar-refractivity contribution in [2.24, 2.45) is 9.98 Å². The number of benzene rings is 4. The summed E-state index contributed by atoms with van der Waals surface area (Å²) in [6, 6.07) is 30.7. The van der Waals surface area contributed by atoms with Crippen LogP contribution in [0.15, 0.2) is 114 Å². The van der Waals surface area contributed by atoms with Gasteiger partial charge in [-0.05, 0) is 74.9 Å². The van der Waals surface area contributed by atoms with E-state index in [9.17, 15) is 0 Å². The third kappa shape index (κ3) is 6.97. The Labute approximate surface area is 248 Å². The summed E-state index contributed by atoms with van der Waals surface area (Å²) < 4.78 is 0. The lowest BCUT2D eigenvalue weighted by molar-refractivity contribution is 0.390. The maximum Gasteiger partial charge on any atom is 0.0723 e. The molecule has 2 nitrogen and oxygen atoms in total. The summed E-state index contributed by atoms with van der Waals surface area (Å²) in [6.45, 7) is 8.76. The van der Waals surface area contributed by atoms with E-state index in [4.69, 9.17) is 9.98 Å². The monoisotopic (exact) mass is 562 g/mol. The topological polar surface area (TPSA) is 24.7 Å². The first-order valence-corrected chi connectivity index (χ1v) is 15.9. The van der Waals surface area contributed by atoms with Crippen LogP contribution in [0.5, 0.6) is 0 Å². The van der Waals surface area contributed by atoms with Crippen LogP contribution in [-0.2, 0) is 0 Å². The van der Waals surface area contributed by atoms with E-state index >= 15 is 0 Å². The Morgan fingerprint density at radius 1 is 0.525 bits per heavy atom. The highest BCUT2D eigenvalue weighted by molar-refractivity contribution is 7.99. The predicted molar refractivity (Wildman–Crippen MR) is 174 cm³/mol. The van der Waals surface area contributed by atoms with Crippen molar-refractivity contribution in [3.63, 3.8) is 0 Å². The Hall–Kier alpha value is -3.08. The maximum atomic E-state index is 5.15. The Kier molecular flexibility index (Phi) is 9.62. The molecule has 5 rings (SSSR count). The lowest BCUT2D eigenvalue weighted by atomic mass is 9.91.